The molecule has 5 rings (SSSR count). The number of aromatic nitrogens is 3. The molecule has 1 aliphatic heterocycles. The molecule has 11 nitrogen and oxygen atoms in total. The second-order valence-electron chi connectivity index (χ2n) is 10.4. The number of para-hydroxylation sites is 2. The van der Waals surface area contributed by atoms with E-state index in [9.17, 15) is 13.2 Å². The Labute approximate surface area is 261 Å². The molecule has 2 heterocycles. The van der Waals surface area contributed by atoms with Crippen LogP contribution >= 0.6 is 11.6 Å². The molecule has 1 unspecified atom stereocenters. The van der Waals surface area contributed by atoms with E-state index in [0.29, 0.717) is 23.9 Å². The van der Waals surface area contributed by atoms with Crippen molar-refractivity contribution < 1.29 is 26.9 Å². The Balaban J connectivity index is 1.45. The molecule has 0 saturated carbocycles. The summed E-state index contributed by atoms with van der Waals surface area (Å²) in [5.74, 6) is -0.169. The van der Waals surface area contributed by atoms with Crippen LogP contribution in [0.3, 0.4) is 0 Å². The average molecular weight is 640 g/mol. The van der Waals surface area contributed by atoms with Crippen molar-refractivity contribution in [2.24, 2.45) is 0 Å². The van der Waals surface area contributed by atoms with E-state index in [1.165, 1.54) is 4.31 Å². The van der Waals surface area contributed by atoms with Gasteiger partial charge in [0.15, 0.2) is 5.75 Å². The number of nitrogens with two attached hydrogens (primary N) is 1. The van der Waals surface area contributed by atoms with Crippen LogP contribution in [0.1, 0.15) is 47.1 Å². The molecule has 0 spiro atoms. The van der Waals surface area contributed by atoms with Gasteiger partial charge in [-0.15, -0.1) is 16.7 Å². The van der Waals surface area contributed by atoms with E-state index in [4.69, 9.17) is 31.0 Å². The Bertz CT molecular complexity index is 1820. The van der Waals surface area contributed by atoms with Crippen molar-refractivity contribution in [2.75, 3.05) is 24.8 Å². The van der Waals surface area contributed by atoms with Crippen molar-refractivity contribution in [2.45, 2.75) is 46.2 Å². The molecular formula is C31H34ClN5O6S. The van der Waals surface area contributed by atoms with Gasteiger partial charge in [-0.1, -0.05) is 41.6 Å². The lowest BCUT2D eigenvalue weighted by atomic mass is 9.84. The lowest BCUT2D eigenvalue weighted by Gasteiger charge is -2.27. The Morgan fingerprint density at radius 1 is 1.16 bits per heavy atom. The number of ether oxygens (including phenoxy) is 2. The number of benzene rings is 3. The van der Waals surface area contributed by atoms with Gasteiger partial charge in [0.2, 0.25) is 0 Å². The monoisotopic (exact) mass is 639 g/mol. The van der Waals surface area contributed by atoms with Gasteiger partial charge in [0.1, 0.15) is 5.52 Å². The minimum atomic E-state index is -4.17. The summed E-state index contributed by atoms with van der Waals surface area (Å²) < 4.78 is 45.4. The molecule has 1 aromatic heterocycles. The molecule has 232 valence electrons. The number of nitrogen functional groups attached to an aromatic ring is 1. The zero-order valence-corrected chi connectivity index (χ0v) is 26.3. The van der Waals surface area contributed by atoms with Gasteiger partial charge in [0.25, 0.3) is 0 Å². The van der Waals surface area contributed by atoms with Crippen molar-refractivity contribution in [3.8, 4) is 5.75 Å². The van der Waals surface area contributed by atoms with Gasteiger partial charge in [0.05, 0.1) is 30.8 Å². The van der Waals surface area contributed by atoms with Crippen LogP contribution in [0.5, 0.6) is 5.75 Å². The zero-order chi connectivity index (χ0) is 31.4. The number of aryl methyl sites for hydroxylation is 3. The maximum Gasteiger partial charge on any atom is 0.388 e. The predicted molar refractivity (Wildman–Crippen MR) is 167 cm³/mol. The lowest BCUT2D eigenvalue weighted by Crippen LogP contribution is -2.36. The molecular weight excluding hydrogens is 606 g/mol. The number of rotatable bonds is 11. The summed E-state index contributed by atoms with van der Waals surface area (Å²) in [5.41, 5.74) is 12.1. The molecule has 4 aromatic rings. The molecule has 1 atom stereocenters. The molecule has 0 fully saturated rings. The third kappa shape index (κ3) is 6.67. The van der Waals surface area contributed by atoms with Crippen molar-refractivity contribution in [3.05, 3.63) is 94.4 Å². The summed E-state index contributed by atoms with van der Waals surface area (Å²) >= 11 is 5.94. The number of carbonyl (C=O) groups excluding carboxylic acids is 1. The second kappa shape index (κ2) is 13.2. The first kappa shape index (κ1) is 31.3. The molecule has 0 radical (unpaired) electrons. The van der Waals surface area contributed by atoms with Gasteiger partial charge < -0.3 is 19.4 Å². The van der Waals surface area contributed by atoms with Gasteiger partial charge in [-0.3, -0.25) is 4.79 Å². The van der Waals surface area contributed by atoms with Crippen LogP contribution in [0.15, 0.2) is 66.6 Å². The Morgan fingerprint density at radius 2 is 1.95 bits per heavy atom. The average Bonchev–Trinajstić information content (AvgIpc) is 3.39. The molecule has 2 N–H and O–H groups in total. The van der Waals surface area contributed by atoms with Crippen LogP contribution in [0.25, 0.3) is 11.0 Å². The minimum Gasteiger partial charge on any atom is -0.466 e. The van der Waals surface area contributed by atoms with Gasteiger partial charge in [-0.25, -0.2) is 4.68 Å². The van der Waals surface area contributed by atoms with Gasteiger partial charge in [0, 0.05) is 31.0 Å². The Kier molecular flexibility index (Phi) is 9.42. The first-order valence-electron chi connectivity index (χ1n) is 14.2. The molecule has 1 aliphatic rings. The fourth-order valence-corrected chi connectivity index (χ4v) is 6.34. The number of nitrogens with zero attached hydrogens (tertiary/aromatic N) is 4. The lowest BCUT2D eigenvalue weighted by molar-refractivity contribution is -0.143. The summed E-state index contributed by atoms with van der Waals surface area (Å²) in [7, 11) is -4.17. The highest BCUT2D eigenvalue weighted by atomic mass is 35.5. The zero-order valence-electron chi connectivity index (χ0n) is 24.7. The van der Waals surface area contributed by atoms with Crippen LogP contribution < -0.4 is 10.5 Å². The van der Waals surface area contributed by atoms with Crippen molar-refractivity contribution >= 4 is 44.6 Å². The SMILES string of the molecule is CCOC(=O)CC(c1ccc(C)c(CN2CC=C(Oc3ccccc3N)OS2(=O)=O)c1)c1ccc2c(nnn2CCCl)c1C. The van der Waals surface area contributed by atoms with Crippen LogP contribution in [-0.2, 0) is 37.1 Å². The third-order valence-electron chi connectivity index (χ3n) is 7.55. The maximum absolute atomic E-state index is 13.1. The fourth-order valence-electron chi connectivity index (χ4n) is 5.21. The van der Waals surface area contributed by atoms with E-state index in [2.05, 4.69) is 10.3 Å². The molecule has 0 saturated heterocycles. The van der Waals surface area contributed by atoms with Crippen molar-refractivity contribution in [1.29, 1.82) is 0 Å². The molecule has 3 aromatic carbocycles. The smallest absolute Gasteiger partial charge is 0.388 e. The number of hydrogen-bond donors (Lipinski definition) is 1. The first-order chi connectivity index (χ1) is 21.1. The highest BCUT2D eigenvalue weighted by molar-refractivity contribution is 7.84. The number of alkyl halides is 1. The number of carbonyl (C=O) groups is 1. The normalized spacial score (nSPS) is 15.4. The first-order valence-corrected chi connectivity index (χ1v) is 16.1. The number of halogens is 1. The van der Waals surface area contributed by atoms with Gasteiger partial charge in [-0.2, -0.15) is 12.7 Å². The highest BCUT2D eigenvalue weighted by Gasteiger charge is 2.31. The van der Waals surface area contributed by atoms with Crippen LogP contribution in [-0.4, -0.2) is 52.7 Å². The number of esters is 1. The second-order valence-corrected chi connectivity index (χ2v) is 12.3. The van der Waals surface area contributed by atoms with E-state index in [-0.39, 0.29) is 43.9 Å². The molecule has 0 bridgehead atoms. The van der Waals surface area contributed by atoms with Crippen molar-refractivity contribution in [1.82, 2.24) is 19.3 Å². The van der Waals surface area contributed by atoms with E-state index in [1.807, 2.05) is 44.2 Å². The molecule has 0 amide bonds. The third-order valence-corrected chi connectivity index (χ3v) is 9.00. The van der Waals surface area contributed by atoms with Crippen LogP contribution in [0.4, 0.5) is 5.69 Å². The fraction of sp³-hybridized carbons (Fsp3) is 0.323. The van der Waals surface area contributed by atoms with E-state index in [1.54, 1.807) is 41.9 Å². The molecule has 0 aliphatic carbocycles. The summed E-state index contributed by atoms with van der Waals surface area (Å²) in [6, 6.07) is 16.5. The summed E-state index contributed by atoms with van der Waals surface area (Å²) in [5, 5.41) is 8.62. The largest absolute Gasteiger partial charge is 0.466 e. The minimum absolute atomic E-state index is 0.0358. The summed E-state index contributed by atoms with van der Waals surface area (Å²) in [6.07, 6.45) is 1.64. The quantitative estimate of drug-likeness (QED) is 0.137. The van der Waals surface area contributed by atoms with E-state index < -0.39 is 10.3 Å². The summed E-state index contributed by atoms with van der Waals surface area (Å²) in [4.78, 5) is 12.8. The Morgan fingerprint density at radius 3 is 2.68 bits per heavy atom. The number of hydrogen-bond acceptors (Lipinski definition) is 9. The molecule has 13 heteroatoms. The predicted octanol–water partition coefficient (Wildman–Crippen LogP) is 4.95. The van der Waals surface area contributed by atoms with Crippen molar-refractivity contribution in [3.63, 3.8) is 0 Å². The van der Waals surface area contributed by atoms with Gasteiger partial charge in [-0.05, 0) is 66.8 Å². The van der Waals surface area contributed by atoms with Crippen LogP contribution in [0, 0.1) is 13.8 Å². The number of anilines is 1. The number of fused-ring (bicyclic) bond motifs is 1. The highest BCUT2D eigenvalue weighted by Crippen LogP contribution is 2.35. The maximum atomic E-state index is 13.1. The standard InChI is InChI=1S/C31H34ClN5O6S/c1-4-41-29(38)18-25(24-11-12-27-31(21(24)3)34-35-37(27)16-14-32)22-10-9-20(2)23(17-22)19-36-15-13-30(43-44(36,39)40)42-28-8-6-5-7-26(28)33/h5-13,17,25H,4,14-16,18-19,33H2,1-3H3. The van der Waals surface area contributed by atoms with Crippen LogP contribution in [0.2, 0.25) is 0 Å². The Hall–Kier alpha value is -4.13. The van der Waals surface area contributed by atoms with E-state index >= 15 is 0 Å². The molecule has 44 heavy (non-hydrogen) atoms. The van der Waals surface area contributed by atoms with Gasteiger partial charge >= 0.3 is 22.2 Å². The summed E-state index contributed by atoms with van der Waals surface area (Å²) in [6.45, 7) is 6.51. The topological polar surface area (TPSA) is 139 Å². The van der Waals surface area contributed by atoms with E-state index in [0.717, 1.165) is 38.9 Å².